The molecule has 2 aliphatic rings. The number of pyridine rings is 1. The van der Waals surface area contributed by atoms with Crippen molar-refractivity contribution in [3.05, 3.63) is 42.1 Å². The van der Waals surface area contributed by atoms with E-state index in [-0.39, 0.29) is 5.82 Å². The van der Waals surface area contributed by atoms with Crippen LogP contribution in [0.2, 0.25) is 0 Å². The van der Waals surface area contributed by atoms with Crippen LogP contribution in [-0.2, 0) is 4.74 Å². The number of anilines is 2. The molecule has 1 aromatic carbocycles. The number of ether oxygens (including phenoxy) is 1. The molecule has 0 bridgehead atoms. The fourth-order valence-corrected chi connectivity index (χ4v) is 4.46. The maximum atomic E-state index is 14.6. The lowest BCUT2D eigenvalue weighted by Crippen LogP contribution is -2.42. The molecule has 0 spiro atoms. The highest BCUT2D eigenvalue weighted by Gasteiger charge is 2.23. The molecule has 1 atom stereocenters. The Morgan fingerprint density at radius 2 is 1.78 bits per heavy atom. The molecule has 2 aromatic rings. The van der Waals surface area contributed by atoms with Crippen molar-refractivity contribution in [3.8, 4) is 11.1 Å². The van der Waals surface area contributed by atoms with Gasteiger partial charge in [0.15, 0.2) is 0 Å². The molecule has 4 rings (SSSR count). The van der Waals surface area contributed by atoms with Gasteiger partial charge in [0, 0.05) is 37.3 Å². The predicted molar refractivity (Wildman–Crippen MR) is 125 cm³/mol. The number of aromatic nitrogens is 1. The molecule has 1 aromatic heterocycles. The van der Waals surface area contributed by atoms with Gasteiger partial charge in [0.1, 0.15) is 17.5 Å². The number of methoxy groups -OCH3 is 1. The van der Waals surface area contributed by atoms with E-state index in [0.29, 0.717) is 53.3 Å². The molecule has 32 heavy (non-hydrogen) atoms. The van der Waals surface area contributed by atoms with Crippen LogP contribution in [0.1, 0.15) is 45.4 Å². The second-order valence-corrected chi connectivity index (χ2v) is 9.28. The second-order valence-electron chi connectivity index (χ2n) is 9.28. The van der Waals surface area contributed by atoms with E-state index >= 15 is 0 Å². The summed E-state index contributed by atoms with van der Waals surface area (Å²) in [7, 11) is 1.72. The highest BCUT2D eigenvalue weighted by molar-refractivity contribution is 5.71. The Balaban J connectivity index is 1.38. The van der Waals surface area contributed by atoms with Crippen molar-refractivity contribution in [1.29, 1.82) is 0 Å². The van der Waals surface area contributed by atoms with E-state index < -0.39 is 5.82 Å². The molecule has 2 saturated carbocycles. The van der Waals surface area contributed by atoms with Gasteiger partial charge in [-0.25, -0.2) is 13.8 Å². The third kappa shape index (κ3) is 6.17. The average molecular weight is 445 g/mol. The van der Waals surface area contributed by atoms with Crippen molar-refractivity contribution in [2.45, 2.75) is 63.6 Å². The molecule has 5 nitrogen and oxygen atoms in total. The number of hydrogen-bond acceptors (Lipinski definition) is 5. The predicted octanol–water partition coefficient (Wildman–Crippen LogP) is 5.20. The maximum Gasteiger partial charge on any atom is 0.149 e. The summed E-state index contributed by atoms with van der Waals surface area (Å²) in [6.07, 6.45) is 7.83. The monoisotopic (exact) mass is 444 g/mol. The van der Waals surface area contributed by atoms with Gasteiger partial charge in [0.05, 0.1) is 18.5 Å². The van der Waals surface area contributed by atoms with Crippen LogP contribution in [0.5, 0.6) is 0 Å². The van der Waals surface area contributed by atoms with E-state index in [9.17, 15) is 8.78 Å². The summed E-state index contributed by atoms with van der Waals surface area (Å²) >= 11 is 0. The Hall–Kier alpha value is -2.25. The van der Waals surface area contributed by atoms with Gasteiger partial charge in [-0.05, 0) is 75.1 Å². The largest absolute Gasteiger partial charge is 0.383 e. The van der Waals surface area contributed by atoms with Crippen LogP contribution in [0.4, 0.5) is 20.3 Å². The molecule has 0 radical (unpaired) electrons. The number of nitrogens with zero attached hydrogens (tertiary/aromatic N) is 1. The normalized spacial score (nSPS) is 21.9. The maximum absolute atomic E-state index is 14.6. The van der Waals surface area contributed by atoms with Gasteiger partial charge in [-0.15, -0.1) is 0 Å². The minimum atomic E-state index is -0.407. The minimum Gasteiger partial charge on any atom is -0.383 e. The summed E-state index contributed by atoms with van der Waals surface area (Å²) in [5, 5.41) is 10.3. The fraction of sp³-hybridized carbons (Fsp3) is 0.560. The number of benzene rings is 1. The molecule has 174 valence electrons. The molecule has 0 amide bonds. The lowest BCUT2D eigenvalue weighted by molar-refractivity contribution is 0.161. The van der Waals surface area contributed by atoms with E-state index in [1.165, 1.54) is 25.1 Å². The number of rotatable bonds is 10. The van der Waals surface area contributed by atoms with Crippen molar-refractivity contribution in [2.24, 2.45) is 5.92 Å². The molecule has 1 heterocycles. The van der Waals surface area contributed by atoms with Gasteiger partial charge in [-0.3, -0.25) is 0 Å². The topological polar surface area (TPSA) is 58.2 Å². The molecule has 2 fully saturated rings. The molecule has 7 heteroatoms. The highest BCUT2D eigenvalue weighted by atomic mass is 19.1. The highest BCUT2D eigenvalue weighted by Crippen LogP contribution is 2.32. The van der Waals surface area contributed by atoms with Crippen molar-refractivity contribution in [2.75, 3.05) is 30.9 Å². The van der Waals surface area contributed by atoms with Crippen LogP contribution in [0.3, 0.4) is 0 Å². The zero-order valence-corrected chi connectivity index (χ0v) is 19.0. The van der Waals surface area contributed by atoms with Crippen molar-refractivity contribution < 1.29 is 13.5 Å². The Kier molecular flexibility index (Phi) is 7.58. The van der Waals surface area contributed by atoms with Crippen LogP contribution in [0.25, 0.3) is 11.1 Å². The number of halogens is 2. The van der Waals surface area contributed by atoms with Crippen molar-refractivity contribution >= 4 is 11.5 Å². The van der Waals surface area contributed by atoms with Gasteiger partial charge >= 0.3 is 0 Å². The first kappa shape index (κ1) is 22.9. The molecule has 0 saturated heterocycles. The molecule has 0 unspecified atom stereocenters. The molecule has 3 N–H and O–H groups in total. The summed E-state index contributed by atoms with van der Waals surface area (Å²) < 4.78 is 34.0. The third-order valence-electron chi connectivity index (χ3n) is 6.43. The zero-order chi connectivity index (χ0) is 22.5. The standard InChI is InChI=1S/C25H34F2N4O/c1-16(15-32-2)30-19-6-8-20(9-7-19)31-25-12-21(23(27)14-29-25)18-5-10-22(26)24(11-18)28-13-17-3-4-17/h5,10-12,14,16-17,19-20,28,30H,3-4,6-9,13,15H2,1-2H3,(H,29,31)/t16-,19?,20?/m1/s1. The smallest absolute Gasteiger partial charge is 0.149 e. The third-order valence-corrected chi connectivity index (χ3v) is 6.43. The van der Waals surface area contributed by atoms with Crippen LogP contribution in [-0.4, -0.2) is 43.4 Å². The number of nitrogens with one attached hydrogen (secondary N) is 3. The van der Waals surface area contributed by atoms with Gasteiger partial charge in [0.2, 0.25) is 0 Å². The van der Waals surface area contributed by atoms with E-state index in [2.05, 4.69) is 27.9 Å². The Morgan fingerprint density at radius 3 is 2.50 bits per heavy atom. The van der Waals surface area contributed by atoms with Crippen molar-refractivity contribution in [3.63, 3.8) is 0 Å². The van der Waals surface area contributed by atoms with Crippen LogP contribution in [0.15, 0.2) is 30.5 Å². The van der Waals surface area contributed by atoms with Gasteiger partial charge in [0.25, 0.3) is 0 Å². The van der Waals surface area contributed by atoms with Gasteiger partial charge < -0.3 is 20.7 Å². The van der Waals surface area contributed by atoms with Crippen LogP contribution >= 0.6 is 0 Å². The summed E-state index contributed by atoms with van der Waals surface area (Å²) in [5.74, 6) is 0.560. The fourth-order valence-electron chi connectivity index (χ4n) is 4.46. The average Bonchev–Trinajstić information content (AvgIpc) is 3.61. The van der Waals surface area contributed by atoms with Gasteiger partial charge in [-0.1, -0.05) is 6.07 Å². The summed E-state index contributed by atoms with van der Waals surface area (Å²) in [5.41, 5.74) is 1.50. The number of hydrogen-bond donors (Lipinski definition) is 3. The minimum absolute atomic E-state index is 0.306. The first-order valence-electron chi connectivity index (χ1n) is 11.7. The van der Waals surface area contributed by atoms with Gasteiger partial charge in [-0.2, -0.15) is 0 Å². The first-order chi connectivity index (χ1) is 15.5. The SMILES string of the molecule is COC[C@@H](C)NC1CCC(Nc2cc(-c3ccc(F)c(NCC4CC4)c3)c(F)cn2)CC1. The Morgan fingerprint density at radius 1 is 1.03 bits per heavy atom. The Labute approximate surface area is 189 Å². The van der Waals surface area contributed by atoms with Crippen LogP contribution < -0.4 is 16.0 Å². The molecule has 2 aliphatic carbocycles. The lowest BCUT2D eigenvalue weighted by Gasteiger charge is -2.31. The molecular weight excluding hydrogens is 410 g/mol. The van der Waals surface area contributed by atoms with E-state index in [1.807, 2.05) is 0 Å². The summed E-state index contributed by atoms with van der Waals surface area (Å²) in [6, 6.07) is 7.59. The first-order valence-corrected chi connectivity index (χ1v) is 11.7. The van der Waals surface area contributed by atoms with E-state index in [1.54, 1.807) is 25.3 Å². The second kappa shape index (κ2) is 10.6. The van der Waals surface area contributed by atoms with E-state index in [4.69, 9.17) is 4.74 Å². The quantitative estimate of drug-likeness (QED) is 0.470. The molecule has 0 aliphatic heterocycles. The van der Waals surface area contributed by atoms with E-state index in [0.717, 1.165) is 32.2 Å². The zero-order valence-electron chi connectivity index (χ0n) is 19.0. The molecular formula is C25H34F2N4O. The Bertz CT molecular complexity index is 898. The summed E-state index contributed by atoms with van der Waals surface area (Å²) in [4.78, 5) is 4.25. The summed E-state index contributed by atoms with van der Waals surface area (Å²) in [6.45, 7) is 3.61. The lowest BCUT2D eigenvalue weighted by atomic mass is 9.90. The van der Waals surface area contributed by atoms with Crippen LogP contribution in [0, 0.1) is 17.6 Å². The van der Waals surface area contributed by atoms with Crippen molar-refractivity contribution in [1.82, 2.24) is 10.3 Å².